The number of carbonyl (C=O) groups is 1. The molecule has 0 saturated carbocycles. The zero-order valence-corrected chi connectivity index (χ0v) is 12.8. The molecule has 1 aromatic carbocycles. The van der Waals surface area contributed by atoms with E-state index in [9.17, 15) is 4.79 Å². The van der Waals surface area contributed by atoms with Crippen LogP contribution in [-0.4, -0.2) is 19.7 Å². The van der Waals surface area contributed by atoms with E-state index in [1.54, 1.807) is 6.07 Å². The van der Waals surface area contributed by atoms with E-state index in [1.807, 2.05) is 37.3 Å². The fraction of sp³-hybridized carbons (Fsp3) is 0.267. The summed E-state index contributed by atoms with van der Waals surface area (Å²) in [6, 6.07) is 11.3. The molecule has 106 valence electrons. The molecule has 2 aromatic rings. The highest BCUT2D eigenvalue weighted by Crippen LogP contribution is 2.29. The van der Waals surface area contributed by atoms with Gasteiger partial charge in [-0.3, -0.25) is 4.79 Å². The second-order valence-electron chi connectivity index (χ2n) is 4.34. The smallest absolute Gasteiger partial charge is 0.317 e. The summed E-state index contributed by atoms with van der Waals surface area (Å²) in [6.45, 7) is 2.24. The molecule has 0 aliphatic heterocycles. The van der Waals surface area contributed by atoms with E-state index in [1.165, 1.54) is 18.4 Å². The molecule has 1 unspecified atom stereocenters. The van der Waals surface area contributed by atoms with E-state index >= 15 is 0 Å². The Bertz CT molecular complexity index is 577. The van der Waals surface area contributed by atoms with Gasteiger partial charge in [0, 0.05) is 4.88 Å². The Balaban J connectivity index is 2.08. The average Bonchev–Trinajstić information content (AvgIpc) is 2.87. The average molecular weight is 311 g/mol. The van der Waals surface area contributed by atoms with Gasteiger partial charge in [0.25, 0.3) is 0 Å². The van der Waals surface area contributed by atoms with E-state index < -0.39 is 5.92 Å². The van der Waals surface area contributed by atoms with Crippen LogP contribution < -0.4 is 4.74 Å². The summed E-state index contributed by atoms with van der Waals surface area (Å²) in [7, 11) is 1.37. The lowest BCUT2D eigenvalue weighted by atomic mass is 10.1. The first-order valence-corrected chi connectivity index (χ1v) is 7.32. The molecule has 0 radical (unpaired) electrons. The van der Waals surface area contributed by atoms with Gasteiger partial charge in [-0.15, -0.1) is 11.3 Å². The molecular formula is C15H15ClO3S. The number of halogens is 1. The molecule has 0 saturated heterocycles. The molecule has 0 bridgehead atoms. The molecule has 20 heavy (non-hydrogen) atoms. The van der Waals surface area contributed by atoms with Crippen molar-refractivity contribution < 1.29 is 14.3 Å². The maximum atomic E-state index is 11.9. The molecule has 1 atom stereocenters. The summed E-state index contributed by atoms with van der Waals surface area (Å²) >= 11 is 7.27. The zero-order valence-electron chi connectivity index (χ0n) is 11.3. The third-order valence-corrected chi connectivity index (χ3v) is 4.21. The summed E-state index contributed by atoms with van der Waals surface area (Å²) in [5.41, 5.74) is 1.16. The first-order valence-electron chi connectivity index (χ1n) is 6.12. The van der Waals surface area contributed by atoms with Gasteiger partial charge < -0.3 is 9.47 Å². The highest BCUT2D eigenvalue weighted by atomic mass is 35.5. The van der Waals surface area contributed by atoms with Crippen molar-refractivity contribution in [3.63, 3.8) is 0 Å². The lowest BCUT2D eigenvalue weighted by Gasteiger charge is -2.14. The highest BCUT2D eigenvalue weighted by Gasteiger charge is 2.24. The van der Waals surface area contributed by atoms with Gasteiger partial charge in [0.2, 0.25) is 0 Å². The van der Waals surface area contributed by atoms with Gasteiger partial charge in [-0.2, -0.15) is 0 Å². The maximum absolute atomic E-state index is 11.9. The SMILES string of the molecule is COC(=O)C(COc1ccc(C)cc1)c1ccc(Cl)s1. The number of carbonyl (C=O) groups excluding carboxylic acids is 1. The topological polar surface area (TPSA) is 35.5 Å². The van der Waals surface area contributed by atoms with Gasteiger partial charge in [-0.25, -0.2) is 0 Å². The van der Waals surface area contributed by atoms with Crippen molar-refractivity contribution in [2.45, 2.75) is 12.8 Å². The van der Waals surface area contributed by atoms with E-state index in [0.29, 0.717) is 4.34 Å². The summed E-state index contributed by atoms with van der Waals surface area (Å²) in [5, 5.41) is 0. The number of rotatable bonds is 5. The molecule has 0 N–H and O–H groups in total. The second kappa shape index (κ2) is 6.77. The highest BCUT2D eigenvalue weighted by molar-refractivity contribution is 7.16. The Labute approximate surface area is 127 Å². The molecular weight excluding hydrogens is 296 g/mol. The lowest BCUT2D eigenvalue weighted by Crippen LogP contribution is -2.20. The number of hydrogen-bond donors (Lipinski definition) is 0. The van der Waals surface area contributed by atoms with E-state index in [0.717, 1.165) is 16.2 Å². The lowest BCUT2D eigenvalue weighted by molar-refractivity contribution is -0.143. The van der Waals surface area contributed by atoms with Crippen LogP contribution in [0.4, 0.5) is 0 Å². The number of ether oxygens (including phenoxy) is 2. The molecule has 5 heteroatoms. The number of benzene rings is 1. The Morgan fingerprint density at radius 1 is 1.25 bits per heavy atom. The quantitative estimate of drug-likeness (QED) is 0.782. The monoisotopic (exact) mass is 310 g/mol. The van der Waals surface area contributed by atoms with Crippen LogP contribution in [0.1, 0.15) is 16.4 Å². The molecule has 0 fully saturated rings. The molecule has 3 nitrogen and oxygen atoms in total. The van der Waals surface area contributed by atoms with Crippen LogP contribution in [0.25, 0.3) is 0 Å². The van der Waals surface area contributed by atoms with Crippen molar-refractivity contribution in [1.29, 1.82) is 0 Å². The fourth-order valence-electron chi connectivity index (χ4n) is 1.74. The molecule has 0 aliphatic carbocycles. The normalized spacial score (nSPS) is 11.9. The van der Waals surface area contributed by atoms with E-state index in [4.69, 9.17) is 21.1 Å². The van der Waals surface area contributed by atoms with E-state index in [-0.39, 0.29) is 12.6 Å². The van der Waals surface area contributed by atoms with Crippen molar-refractivity contribution in [1.82, 2.24) is 0 Å². The third-order valence-electron chi connectivity index (χ3n) is 2.86. The predicted molar refractivity (Wildman–Crippen MR) is 80.8 cm³/mol. The standard InChI is InChI=1S/C15H15ClO3S/c1-10-3-5-11(6-4-10)19-9-12(15(17)18-2)13-7-8-14(16)20-13/h3-8,12H,9H2,1-2H3. The van der Waals surface area contributed by atoms with Crippen LogP contribution >= 0.6 is 22.9 Å². The molecule has 2 rings (SSSR count). The third kappa shape index (κ3) is 3.74. The van der Waals surface area contributed by atoms with Crippen molar-refractivity contribution in [3.8, 4) is 5.75 Å². The Hall–Kier alpha value is -1.52. The maximum Gasteiger partial charge on any atom is 0.317 e. The van der Waals surface area contributed by atoms with Gasteiger partial charge in [0.1, 0.15) is 18.3 Å². The number of hydrogen-bond acceptors (Lipinski definition) is 4. The van der Waals surface area contributed by atoms with Crippen molar-refractivity contribution in [2.24, 2.45) is 0 Å². The summed E-state index contributed by atoms with van der Waals surface area (Å²) in [6.07, 6.45) is 0. The summed E-state index contributed by atoms with van der Waals surface area (Å²) < 4.78 is 11.1. The minimum Gasteiger partial charge on any atom is -0.492 e. The van der Waals surface area contributed by atoms with Crippen molar-refractivity contribution in [3.05, 3.63) is 51.2 Å². The predicted octanol–water partition coefficient (Wildman–Crippen LogP) is 4.05. The van der Waals surface area contributed by atoms with Crippen molar-refractivity contribution in [2.75, 3.05) is 13.7 Å². The second-order valence-corrected chi connectivity index (χ2v) is 6.09. The van der Waals surface area contributed by atoms with Crippen LogP contribution in [0.5, 0.6) is 5.75 Å². The van der Waals surface area contributed by atoms with Gasteiger partial charge >= 0.3 is 5.97 Å². The molecule has 1 heterocycles. The summed E-state index contributed by atoms with van der Waals surface area (Å²) in [5.74, 6) is -0.0541. The number of esters is 1. The van der Waals surface area contributed by atoms with E-state index in [2.05, 4.69) is 0 Å². The van der Waals surface area contributed by atoms with Crippen LogP contribution in [0.2, 0.25) is 4.34 Å². The number of thiophene rings is 1. The number of methoxy groups -OCH3 is 1. The van der Waals surface area contributed by atoms with Crippen LogP contribution in [0.3, 0.4) is 0 Å². The van der Waals surface area contributed by atoms with Crippen molar-refractivity contribution >= 4 is 28.9 Å². The van der Waals surface area contributed by atoms with Crippen LogP contribution in [0, 0.1) is 6.92 Å². The summed E-state index contributed by atoms with van der Waals surface area (Å²) in [4.78, 5) is 12.7. The zero-order chi connectivity index (χ0) is 14.5. The number of aryl methyl sites for hydroxylation is 1. The minimum absolute atomic E-state index is 0.229. The van der Waals surface area contributed by atoms with Gasteiger partial charge in [0.05, 0.1) is 11.4 Å². The van der Waals surface area contributed by atoms with Gasteiger partial charge in [0.15, 0.2) is 0 Å². The van der Waals surface area contributed by atoms with Crippen LogP contribution in [-0.2, 0) is 9.53 Å². The first-order chi connectivity index (χ1) is 9.60. The molecule has 0 amide bonds. The Kier molecular flexibility index (Phi) is 5.04. The first kappa shape index (κ1) is 14.9. The fourth-order valence-corrected chi connectivity index (χ4v) is 2.87. The Morgan fingerprint density at radius 3 is 2.50 bits per heavy atom. The molecule has 1 aromatic heterocycles. The van der Waals surface area contributed by atoms with Gasteiger partial charge in [-0.05, 0) is 31.2 Å². The Morgan fingerprint density at radius 2 is 1.95 bits per heavy atom. The van der Waals surface area contributed by atoms with Gasteiger partial charge in [-0.1, -0.05) is 29.3 Å². The molecule has 0 aliphatic rings. The largest absolute Gasteiger partial charge is 0.492 e. The molecule has 0 spiro atoms. The van der Waals surface area contributed by atoms with Crippen LogP contribution in [0.15, 0.2) is 36.4 Å². The minimum atomic E-state index is -0.459.